The smallest absolute Gasteiger partial charge is 0.124 e. The van der Waals surface area contributed by atoms with Crippen molar-refractivity contribution in [1.82, 2.24) is 4.98 Å². The van der Waals surface area contributed by atoms with Gasteiger partial charge in [0.2, 0.25) is 0 Å². The van der Waals surface area contributed by atoms with E-state index >= 15 is 0 Å². The molecule has 0 atom stereocenters. The van der Waals surface area contributed by atoms with Crippen molar-refractivity contribution in [1.29, 1.82) is 0 Å². The predicted octanol–water partition coefficient (Wildman–Crippen LogP) is 3.02. The summed E-state index contributed by atoms with van der Waals surface area (Å²) in [5.74, 6) is 1.27. The molecule has 78 valence electrons. The van der Waals surface area contributed by atoms with Crippen molar-refractivity contribution >= 4 is 16.7 Å². The molecule has 1 heterocycles. The van der Waals surface area contributed by atoms with Crippen molar-refractivity contribution in [3.63, 3.8) is 0 Å². The van der Waals surface area contributed by atoms with Gasteiger partial charge >= 0.3 is 0 Å². The van der Waals surface area contributed by atoms with E-state index < -0.39 is 0 Å². The Morgan fingerprint density at radius 3 is 2.73 bits per heavy atom. The maximum atomic E-state index is 5.63. The number of pyridine rings is 1. The van der Waals surface area contributed by atoms with E-state index in [9.17, 15) is 0 Å². The molecule has 0 fully saturated rings. The van der Waals surface area contributed by atoms with Crippen LogP contribution in [0.15, 0.2) is 30.3 Å². The number of aromatic nitrogens is 1. The highest BCUT2D eigenvalue weighted by atomic mass is 14.8. The molecule has 0 aliphatic rings. The van der Waals surface area contributed by atoms with Gasteiger partial charge in [-0.15, -0.1) is 0 Å². The summed E-state index contributed by atoms with van der Waals surface area (Å²) < 4.78 is 0. The second-order valence-corrected chi connectivity index (χ2v) is 4.36. The predicted molar refractivity (Wildman–Crippen MR) is 64.7 cm³/mol. The van der Waals surface area contributed by atoms with Crippen LogP contribution < -0.4 is 5.73 Å². The van der Waals surface area contributed by atoms with Gasteiger partial charge in [0.15, 0.2) is 0 Å². The summed E-state index contributed by atoms with van der Waals surface area (Å²) in [6.45, 7) is 4.46. The van der Waals surface area contributed by atoms with Gasteiger partial charge in [-0.25, -0.2) is 4.98 Å². The number of fused-ring (bicyclic) bond motifs is 1. The lowest BCUT2D eigenvalue weighted by atomic mass is 10.0. The minimum Gasteiger partial charge on any atom is -0.384 e. The first kappa shape index (κ1) is 9.97. The fourth-order valence-corrected chi connectivity index (χ4v) is 1.79. The molecule has 15 heavy (non-hydrogen) atoms. The second kappa shape index (κ2) is 3.89. The zero-order chi connectivity index (χ0) is 10.8. The Hall–Kier alpha value is -1.57. The van der Waals surface area contributed by atoms with Gasteiger partial charge in [-0.3, -0.25) is 0 Å². The van der Waals surface area contributed by atoms with Gasteiger partial charge in [0.1, 0.15) is 5.82 Å². The molecule has 0 aliphatic carbocycles. The molecule has 0 aliphatic heterocycles. The average Bonchev–Trinajstić information content (AvgIpc) is 2.17. The topological polar surface area (TPSA) is 38.9 Å². The van der Waals surface area contributed by atoms with E-state index in [0.29, 0.717) is 11.7 Å². The summed E-state index contributed by atoms with van der Waals surface area (Å²) in [5.41, 5.74) is 7.97. The third kappa shape index (κ3) is 2.27. The van der Waals surface area contributed by atoms with Crippen molar-refractivity contribution in [2.45, 2.75) is 20.3 Å². The lowest BCUT2D eigenvalue weighted by Gasteiger charge is -2.06. The Bertz CT molecular complexity index is 475. The first-order valence-electron chi connectivity index (χ1n) is 5.30. The van der Waals surface area contributed by atoms with Crippen LogP contribution in [0.3, 0.4) is 0 Å². The van der Waals surface area contributed by atoms with Crippen LogP contribution in [0.5, 0.6) is 0 Å². The van der Waals surface area contributed by atoms with Gasteiger partial charge in [0.05, 0.1) is 5.52 Å². The Labute approximate surface area is 90.1 Å². The molecule has 0 unspecified atom stereocenters. The highest BCUT2D eigenvalue weighted by molar-refractivity contribution is 5.80. The van der Waals surface area contributed by atoms with Crippen LogP contribution in [-0.2, 0) is 6.42 Å². The lowest BCUT2D eigenvalue weighted by Crippen LogP contribution is -1.95. The van der Waals surface area contributed by atoms with E-state index in [2.05, 4.69) is 31.0 Å². The Balaban J connectivity index is 2.43. The van der Waals surface area contributed by atoms with E-state index in [0.717, 1.165) is 11.9 Å². The average molecular weight is 200 g/mol. The van der Waals surface area contributed by atoms with E-state index in [-0.39, 0.29) is 0 Å². The van der Waals surface area contributed by atoms with Crippen LogP contribution in [0.25, 0.3) is 10.9 Å². The quantitative estimate of drug-likeness (QED) is 0.809. The van der Waals surface area contributed by atoms with Gasteiger partial charge in [0.25, 0.3) is 0 Å². The molecule has 0 saturated heterocycles. The largest absolute Gasteiger partial charge is 0.384 e. The molecular weight excluding hydrogens is 184 g/mol. The van der Waals surface area contributed by atoms with Crippen molar-refractivity contribution in [3.05, 3.63) is 35.9 Å². The maximum Gasteiger partial charge on any atom is 0.124 e. The molecule has 2 rings (SSSR count). The Morgan fingerprint density at radius 2 is 2.00 bits per heavy atom. The molecule has 2 nitrogen and oxygen atoms in total. The highest BCUT2D eigenvalue weighted by Crippen LogP contribution is 2.17. The summed E-state index contributed by atoms with van der Waals surface area (Å²) in [4.78, 5) is 4.27. The molecule has 1 aromatic heterocycles. The normalized spacial score (nSPS) is 11.1. The molecule has 0 saturated carbocycles. The first-order chi connectivity index (χ1) is 7.15. The standard InChI is InChI=1S/C13H16N2/c1-9(2)7-10-3-5-12-11(8-10)4-6-13(14)15-12/h3-6,8-9H,7H2,1-2H3,(H2,14,15). The molecule has 0 amide bonds. The van der Waals surface area contributed by atoms with Crippen LogP contribution in [0.1, 0.15) is 19.4 Å². The minimum atomic E-state index is 0.583. The molecule has 0 bridgehead atoms. The van der Waals surface area contributed by atoms with Crippen molar-refractivity contribution in [2.75, 3.05) is 5.73 Å². The second-order valence-electron chi connectivity index (χ2n) is 4.36. The van der Waals surface area contributed by atoms with E-state index in [1.54, 1.807) is 0 Å². The molecule has 1 aromatic carbocycles. The van der Waals surface area contributed by atoms with Crippen molar-refractivity contribution < 1.29 is 0 Å². The summed E-state index contributed by atoms with van der Waals surface area (Å²) in [5, 5.41) is 1.17. The third-order valence-electron chi connectivity index (χ3n) is 2.42. The highest BCUT2D eigenvalue weighted by Gasteiger charge is 2.00. The summed E-state index contributed by atoms with van der Waals surface area (Å²) in [6.07, 6.45) is 1.11. The van der Waals surface area contributed by atoms with Crippen molar-refractivity contribution in [2.24, 2.45) is 5.92 Å². The zero-order valence-corrected chi connectivity index (χ0v) is 9.20. The van der Waals surface area contributed by atoms with Crippen molar-refractivity contribution in [3.8, 4) is 0 Å². The number of benzene rings is 1. The number of rotatable bonds is 2. The number of anilines is 1. The van der Waals surface area contributed by atoms with Gasteiger partial charge < -0.3 is 5.73 Å². The SMILES string of the molecule is CC(C)Cc1ccc2nc(N)ccc2c1. The van der Waals surface area contributed by atoms with Crippen LogP contribution >= 0.6 is 0 Å². The van der Waals surface area contributed by atoms with Gasteiger partial charge in [-0.05, 0) is 42.2 Å². The number of hydrogen-bond donors (Lipinski definition) is 1. The molecule has 0 radical (unpaired) electrons. The molecular formula is C13H16N2. The van der Waals surface area contributed by atoms with E-state index in [1.165, 1.54) is 10.9 Å². The van der Waals surface area contributed by atoms with Crippen LogP contribution in [0, 0.1) is 5.92 Å². The number of hydrogen-bond acceptors (Lipinski definition) is 2. The van der Waals surface area contributed by atoms with Gasteiger partial charge in [-0.2, -0.15) is 0 Å². The number of nitrogens with zero attached hydrogens (tertiary/aromatic N) is 1. The van der Waals surface area contributed by atoms with E-state index in [1.807, 2.05) is 18.2 Å². The fraction of sp³-hybridized carbons (Fsp3) is 0.308. The number of nitrogen functional groups attached to an aromatic ring is 1. The zero-order valence-electron chi connectivity index (χ0n) is 9.20. The first-order valence-corrected chi connectivity index (χ1v) is 5.30. The monoisotopic (exact) mass is 200 g/mol. The lowest BCUT2D eigenvalue weighted by molar-refractivity contribution is 0.648. The van der Waals surface area contributed by atoms with Gasteiger partial charge in [-0.1, -0.05) is 19.9 Å². The molecule has 2 N–H and O–H groups in total. The Kier molecular flexibility index (Phi) is 2.58. The van der Waals surface area contributed by atoms with Crippen LogP contribution in [0.2, 0.25) is 0 Å². The minimum absolute atomic E-state index is 0.583. The molecule has 0 spiro atoms. The summed E-state index contributed by atoms with van der Waals surface area (Å²) >= 11 is 0. The van der Waals surface area contributed by atoms with Crippen LogP contribution in [0.4, 0.5) is 5.82 Å². The summed E-state index contributed by atoms with van der Waals surface area (Å²) in [6, 6.07) is 10.3. The molecule has 2 aromatic rings. The summed E-state index contributed by atoms with van der Waals surface area (Å²) in [7, 11) is 0. The number of nitrogens with two attached hydrogens (primary N) is 1. The third-order valence-corrected chi connectivity index (χ3v) is 2.42. The maximum absolute atomic E-state index is 5.63. The van der Waals surface area contributed by atoms with Gasteiger partial charge in [0, 0.05) is 5.39 Å². The Morgan fingerprint density at radius 1 is 1.20 bits per heavy atom. The van der Waals surface area contributed by atoms with E-state index in [4.69, 9.17) is 5.73 Å². The fourth-order valence-electron chi connectivity index (χ4n) is 1.79. The van der Waals surface area contributed by atoms with Crippen LogP contribution in [-0.4, -0.2) is 4.98 Å². The molecule has 2 heteroatoms.